The molecule has 0 saturated heterocycles. The summed E-state index contributed by atoms with van der Waals surface area (Å²) in [5.74, 6) is 0.337. The Morgan fingerprint density at radius 3 is 2.14 bits per heavy atom. The normalized spacial score (nSPS) is 9.82. The van der Waals surface area contributed by atoms with Crippen molar-refractivity contribution >= 4 is 17.7 Å². The summed E-state index contributed by atoms with van der Waals surface area (Å²) in [6.07, 6.45) is -0.132. The Kier molecular flexibility index (Phi) is 6.30. The van der Waals surface area contributed by atoms with E-state index in [4.69, 9.17) is 19.3 Å². The van der Waals surface area contributed by atoms with Crippen LogP contribution < -0.4 is 19.5 Å². The monoisotopic (exact) mass is 312 g/mol. The fraction of sp³-hybridized carbons (Fsp3) is 0.429. The quantitative estimate of drug-likeness (QED) is 0.794. The Morgan fingerprint density at radius 2 is 1.64 bits per heavy atom. The third-order valence-electron chi connectivity index (χ3n) is 2.96. The summed E-state index contributed by atoms with van der Waals surface area (Å²) < 4.78 is 15.5. The van der Waals surface area contributed by atoms with Crippen LogP contribution in [-0.4, -0.2) is 56.9 Å². The minimum atomic E-state index is -0.969. The van der Waals surface area contributed by atoms with Gasteiger partial charge in [0.05, 0.1) is 33.4 Å². The van der Waals surface area contributed by atoms with Crippen molar-refractivity contribution in [3.05, 3.63) is 12.1 Å². The average Bonchev–Trinajstić information content (AvgIpc) is 2.51. The van der Waals surface area contributed by atoms with E-state index in [1.54, 1.807) is 12.1 Å². The predicted octanol–water partition coefficient (Wildman–Crippen LogP) is 1.65. The first-order valence-electron chi connectivity index (χ1n) is 6.46. The molecule has 2 amide bonds. The highest BCUT2D eigenvalue weighted by atomic mass is 16.5. The van der Waals surface area contributed by atoms with Gasteiger partial charge in [0.15, 0.2) is 11.5 Å². The van der Waals surface area contributed by atoms with Gasteiger partial charge in [0.1, 0.15) is 5.75 Å². The second-order valence-electron chi connectivity index (χ2n) is 4.40. The number of aliphatic carboxylic acids is 1. The molecule has 1 rings (SSSR count). The molecule has 0 aliphatic heterocycles. The van der Waals surface area contributed by atoms with Gasteiger partial charge >= 0.3 is 12.0 Å². The van der Waals surface area contributed by atoms with Gasteiger partial charge in [-0.05, 0) is 0 Å². The van der Waals surface area contributed by atoms with E-state index < -0.39 is 12.0 Å². The number of amides is 2. The highest BCUT2D eigenvalue weighted by molar-refractivity contribution is 5.91. The first kappa shape index (κ1) is 17.4. The summed E-state index contributed by atoms with van der Waals surface area (Å²) in [6, 6.07) is 2.71. The van der Waals surface area contributed by atoms with Gasteiger partial charge in [-0.3, -0.25) is 4.79 Å². The van der Waals surface area contributed by atoms with Gasteiger partial charge in [0.2, 0.25) is 0 Å². The summed E-state index contributed by atoms with van der Waals surface area (Å²) in [6.45, 7) is 0.0940. The number of benzene rings is 1. The molecule has 0 spiro atoms. The third kappa shape index (κ3) is 4.44. The molecule has 0 aromatic heterocycles. The number of methoxy groups -OCH3 is 3. The smallest absolute Gasteiger partial charge is 0.321 e. The second kappa shape index (κ2) is 7.96. The van der Waals surface area contributed by atoms with E-state index in [0.717, 1.165) is 0 Å². The van der Waals surface area contributed by atoms with E-state index in [-0.39, 0.29) is 13.0 Å². The molecule has 1 aromatic rings. The number of rotatable bonds is 7. The van der Waals surface area contributed by atoms with Crippen molar-refractivity contribution in [1.82, 2.24) is 4.90 Å². The number of nitrogens with one attached hydrogen (secondary N) is 1. The zero-order chi connectivity index (χ0) is 16.7. The Hall–Kier alpha value is -2.64. The van der Waals surface area contributed by atoms with Crippen molar-refractivity contribution in [2.45, 2.75) is 6.42 Å². The largest absolute Gasteiger partial charge is 0.494 e. The number of ether oxygens (including phenoxy) is 3. The minimum Gasteiger partial charge on any atom is -0.494 e. The van der Waals surface area contributed by atoms with Crippen LogP contribution in [0.15, 0.2) is 12.1 Å². The van der Waals surface area contributed by atoms with Crippen LogP contribution in [0, 0.1) is 0 Å². The molecule has 0 saturated carbocycles. The lowest BCUT2D eigenvalue weighted by Gasteiger charge is -2.19. The van der Waals surface area contributed by atoms with Crippen LogP contribution in [-0.2, 0) is 4.79 Å². The molecular weight excluding hydrogens is 292 g/mol. The van der Waals surface area contributed by atoms with Crippen molar-refractivity contribution in [1.29, 1.82) is 0 Å². The lowest BCUT2D eigenvalue weighted by atomic mass is 10.2. The molecule has 0 atom stereocenters. The number of carboxylic acid groups (broad SMARTS) is 1. The molecule has 0 radical (unpaired) electrons. The molecule has 122 valence electrons. The van der Waals surface area contributed by atoms with E-state index in [2.05, 4.69) is 5.32 Å². The number of carbonyl (C=O) groups is 2. The number of carbonyl (C=O) groups excluding carboxylic acids is 1. The molecule has 8 heteroatoms. The number of hydrogen-bond donors (Lipinski definition) is 2. The fourth-order valence-corrected chi connectivity index (χ4v) is 1.70. The van der Waals surface area contributed by atoms with Crippen LogP contribution in [0.5, 0.6) is 17.2 Å². The molecule has 0 heterocycles. The van der Waals surface area contributed by atoms with Gasteiger partial charge in [-0.25, -0.2) is 4.79 Å². The molecule has 1 aromatic carbocycles. The molecule has 0 aliphatic rings. The Bertz CT molecular complexity index is 546. The lowest BCUT2D eigenvalue weighted by Crippen LogP contribution is -2.33. The SMILES string of the molecule is COc1cc(OC)c(OC)cc1NC(=O)N(C)CCC(=O)O. The van der Waals surface area contributed by atoms with E-state index in [1.807, 2.05) is 0 Å². The van der Waals surface area contributed by atoms with Crippen molar-refractivity contribution in [3.63, 3.8) is 0 Å². The van der Waals surface area contributed by atoms with Crippen LogP contribution >= 0.6 is 0 Å². The van der Waals surface area contributed by atoms with Gasteiger partial charge in [0, 0.05) is 25.7 Å². The van der Waals surface area contributed by atoms with E-state index in [0.29, 0.717) is 22.9 Å². The van der Waals surface area contributed by atoms with E-state index in [9.17, 15) is 9.59 Å². The topological polar surface area (TPSA) is 97.3 Å². The first-order chi connectivity index (χ1) is 10.4. The Morgan fingerprint density at radius 1 is 1.09 bits per heavy atom. The number of carboxylic acids is 1. The molecule has 0 unspecified atom stereocenters. The zero-order valence-electron chi connectivity index (χ0n) is 13.0. The maximum atomic E-state index is 12.0. The van der Waals surface area contributed by atoms with Crippen molar-refractivity contribution < 1.29 is 28.9 Å². The summed E-state index contributed by atoms with van der Waals surface area (Å²) in [5, 5.41) is 11.3. The Balaban J connectivity index is 2.91. The average molecular weight is 312 g/mol. The Labute approximate surface area is 128 Å². The maximum Gasteiger partial charge on any atom is 0.321 e. The van der Waals surface area contributed by atoms with E-state index in [1.165, 1.54) is 33.3 Å². The van der Waals surface area contributed by atoms with Crippen LogP contribution in [0.3, 0.4) is 0 Å². The van der Waals surface area contributed by atoms with Crippen LogP contribution in [0.4, 0.5) is 10.5 Å². The number of anilines is 1. The van der Waals surface area contributed by atoms with E-state index >= 15 is 0 Å². The molecule has 0 bridgehead atoms. The van der Waals surface area contributed by atoms with Gasteiger partial charge < -0.3 is 29.5 Å². The standard InChI is InChI=1S/C14H20N2O6/c1-16(6-5-13(17)18)14(19)15-9-7-11(21-3)12(22-4)8-10(9)20-2/h7-8H,5-6H2,1-4H3,(H,15,19)(H,17,18). The van der Waals surface area contributed by atoms with Crippen LogP contribution in [0.2, 0.25) is 0 Å². The highest BCUT2D eigenvalue weighted by Crippen LogP contribution is 2.37. The van der Waals surface area contributed by atoms with Gasteiger partial charge in [-0.2, -0.15) is 0 Å². The summed E-state index contributed by atoms with van der Waals surface area (Å²) >= 11 is 0. The zero-order valence-corrected chi connectivity index (χ0v) is 13.0. The van der Waals surface area contributed by atoms with Crippen LogP contribution in [0.1, 0.15) is 6.42 Å². The molecule has 2 N–H and O–H groups in total. The number of nitrogens with zero attached hydrogens (tertiary/aromatic N) is 1. The van der Waals surface area contributed by atoms with Crippen molar-refractivity contribution in [3.8, 4) is 17.2 Å². The summed E-state index contributed by atoms with van der Waals surface area (Å²) in [7, 11) is 5.95. The second-order valence-corrected chi connectivity index (χ2v) is 4.40. The van der Waals surface area contributed by atoms with Crippen molar-refractivity contribution in [2.24, 2.45) is 0 Å². The third-order valence-corrected chi connectivity index (χ3v) is 2.96. The fourth-order valence-electron chi connectivity index (χ4n) is 1.70. The van der Waals surface area contributed by atoms with Crippen LogP contribution in [0.25, 0.3) is 0 Å². The number of urea groups is 1. The predicted molar refractivity (Wildman–Crippen MR) is 80.0 cm³/mol. The van der Waals surface area contributed by atoms with Gasteiger partial charge in [-0.1, -0.05) is 0 Å². The molecule has 0 aliphatic carbocycles. The highest BCUT2D eigenvalue weighted by Gasteiger charge is 2.16. The van der Waals surface area contributed by atoms with Crippen molar-refractivity contribution in [2.75, 3.05) is 40.2 Å². The minimum absolute atomic E-state index is 0.0940. The number of hydrogen-bond acceptors (Lipinski definition) is 5. The van der Waals surface area contributed by atoms with Gasteiger partial charge in [0.25, 0.3) is 0 Å². The van der Waals surface area contributed by atoms with Gasteiger partial charge in [-0.15, -0.1) is 0 Å². The summed E-state index contributed by atoms with van der Waals surface area (Å²) in [4.78, 5) is 23.8. The summed E-state index contributed by atoms with van der Waals surface area (Å²) in [5.41, 5.74) is 0.396. The first-order valence-corrected chi connectivity index (χ1v) is 6.46. The molecule has 0 fully saturated rings. The maximum absolute atomic E-state index is 12.0. The molecule has 22 heavy (non-hydrogen) atoms. The molecular formula is C14H20N2O6. The lowest BCUT2D eigenvalue weighted by molar-refractivity contribution is -0.137. The molecule has 8 nitrogen and oxygen atoms in total.